The van der Waals surface area contributed by atoms with Gasteiger partial charge in [0.05, 0.1) is 12.2 Å². The van der Waals surface area contributed by atoms with E-state index in [1.165, 1.54) is 0 Å². The van der Waals surface area contributed by atoms with E-state index in [1.807, 2.05) is 31.2 Å². The summed E-state index contributed by atoms with van der Waals surface area (Å²) in [6, 6.07) is 10.8. The Bertz CT molecular complexity index is 630. The smallest absolute Gasteiger partial charge is 0.338 e. The third kappa shape index (κ3) is 3.99. The number of esters is 1. The van der Waals surface area contributed by atoms with Crippen LogP contribution in [0.2, 0.25) is 0 Å². The molecule has 1 aromatic heterocycles. The van der Waals surface area contributed by atoms with E-state index in [0.717, 1.165) is 5.56 Å². The van der Waals surface area contributed by atoms with Crippen molar-refractivity contribution in [3.8, 4) is 0 Å². The Morgan fingerprint density at radius 3 is 2.19 bits per heavy atom. The van der Waals surface area contributed by atoms with E-state index in [2.05, 4.69) is 0 Å². The molecule has 0 aliphatic heterocycles. The van der Waals surface area contributed by atoms with Gasteiger partial charge in [-0.25, -0.2) is 4.79 Å². The van der Waals surface area contributed by atoms with Crippen LogP contribution in [0.25, 0.3) is 0 Å². The van der Waals surface area contributed by atoms with Crippen molar-refractivity contribution in [1.82, 2.24) is 0 Å². The molecule has 0 bridgehead atoms. The average Bonchev–Trinajstić information content (AvgIpc) is 2.49. The molecule has 0 fully saturated rings. The van der Waals surface area contributed by atoms with Crippen LogP contribution in [0.3, 0.4) is 0 Å². The zero-order valence-corrected chi connectivity index (χ0v) is 12.2. The third-order valence-corrected chi connectivity index (χ3v) is 3.10. The van der Waals surface area contributed by atoms with Crippen LogP contribution in [-0.2, 0) is 11.3 Å². The summed E-state index contributed by atoms with van der Waals surface area (Å²) in [5.41, 5.74) is 2.29. The molecule has 21 heavy (non-hydrogen) atoms. The fraction of sp³-hybridized carbons (Fsp3) is 0.235. The van der Waals surface area contributed by atoms with Crippen LogP contribution in [0.1, 0.15) is 33.2 Å². The molecule has 0 N–H and O–H groups in total. The molecule has 0 radical (unpaired) electrons. The molecular weight excluding hydrogens is 266 g/mol. The maximum absolute atomic E-state index is 12.1. The van der Waals surface area contributed by atoms with Crippen molar-refractivity contribution in [2.45, 2.75) is 20.4 Å². The first-order valence-electron chi connectivity index (χ1n) is 6.86. The molecule has 1 heterocycles. The third-order valence-electron chi connectivity index (χ3n) is 3.10. The molecule has 0 spiro atoms. The van der Waals surface area contributed by atoms with Gasteiger partial charge in [-0.2, -0.15) is 4.57 Å². The van der Waals surface area contributed by atoms with Crippen molar-refractivity contribution in [3.63, 3.8) is 0 Å². The van der Waals surface area contributed by atoms with E-state index in [1.54, 1.807) is 36.0 Å². The van der Waals surface area contributed by atoms with Gasteiger partial charge in [-0.1, -0.05) is 29.8 Å². The summed E-state index contributed by atoms with van der Waals surface area (Å²) in [4.78, 5) is 23.7. The monoisotopic (exact) mass is 284 g/mol. The number of hydrogen-bond donors (Lipinski definition) is 0. The second kappa shape index (κ2) is 6.79. The van der Waals surface area contributed by atoms with Gasteiger partial charge in [0.1, 0.15) is 0 Å². The molecule has 0 saturated heterocycles. The van der Waals surface area contributed by atoms with Crippen molar-refractivity contribution in [3.05, 3.63) is 65.5 Å². The Kier molecular flexibility index (Phi) is 4.82. The minimum absolute atomic E-state index is 0.0314. The van der Waals surface area contributed by atoms with Crippen LogP contribution in [0, 0.1) is 6.92 Å². The highest BCUT2D eigenvalue weighted by molar-refractivity contribution is 5.95. The highest BCUT2D eigenvalue weighted by Gasteiger charge is 2.13. The highest BCUT2D eigenvalue weighted by Crippen LogP contribution is 2.04. The van der Waals surface area contributed by atoms with Crippen molar-refractivity contribution in [2.75, 3.05) is 6.61 Å². The Labute approximate surface area is 124 Å². The maximum Gasteiger partial charge on any atom is 0.338 e. The first-order chi connectivity index (χ1) is 10.1. The van der Waals surface area contributed by atoms with Gasteiger partial charge in [0, 0.05) is 17.7 Å². The average molecular weight is 284 g/mol. The van der Waals surface area contributed by atoms with Crippen LogP contribution >= 0.6 is 0 Å². The number of benzene rings is 1. The lowest BCUT2D eigenvalue weighted by Gasteiger charge is -2.01. The minimum atomic E-state index is -0.352. The molecule has 2 rings (SSSR count). The molecule has 4 nitrogen and oxygen atoms in total. The summed E-state index contributed by atoms with van der Waals surface area (Å²) in [5, 5.41) is 0. The number of hydrogen-bond acceptors (Lipinski definition) is 3. The normalized spacial score (nSPS) is 10.2. The molecule has 0 saturated carbocycles. The van der Waals surface area contributed by atoms with Crippen molar-refractivity contribution < 1.29 is 18.9 Å². The fourth-order valence-corrected chi connectivity index (χ4v) is 1.91. The number of ether oxygens (including phenoxy) is 1. The molecule has 0 aliphatic carbocycles. The van der Waals surface area contributed by atoms with Crippen LogP contribution in [-0.4, -0.2) is 18.4 Å². The SMILES string of the molecule is CCOC(=O)c1cc[n+](CC(=O)c2ccc(C)cc2)cc1. The Hall–Kier alpha value is -2.49. The Morgan fingerprint density at radius 2 is 1.62 bits per heavy atom. The predicted octanol–water partition coefficient (Wildman–Crippen LogP) is 2.34. The zero-order chi connectivity index (χ0) is 15.2. The maximum atomic E-state index is 12.1. The topological polar surface area (TPSA) is 47.2 Å². The number of Topliss-reactive ketones (excluding diaryl/α,β-unsaturated/α-hetero) is 1. The lowest BCUT2D eigenvalue weighted by atomic mass is 10.1. The molecule has 0 unspecified atom stereocenters. The highest BCUT2D eigenvalue weighted by atomic mass is 16.5. The summed E-state index contributed by atoms with van der Waals surface area (Å²) in [6.45, 7) is 4.34. The van der Waals surface area contributed by atoms with Gasteiger partial charge in [-0.05, 0) is 13.8 Å². The quantitative estimate of drug-likeness (QED) is 0.481. The van der Waals surface area contributed by atoms with Gasteiger partial charge < -0.3 is 4.74 Å². The van der Waals surface area contributed by atoms with Gasteiger partial charge >= 0.3 is 5.97 Å². The standard InChI is InChI=1S/C17H18NO3/c1-3-21-17(20)15-8-10-18(11-9-15)12-16(19)14-6-4-13(2)5-7-14/h4-11H,3,12H2,1-2H3/q+1. The van der Waals surface area contributed by atoms with E-state index >= 15 is 0 Å². The lowest BCUT2D eigenvalue weighted by Crippen LogP contribution is -2.37. The zero-order valence-electron chi connectivity index (χ0n) is 12.2. The largest absolute Gasteiger partial charge is 0.462 e. The number of rotatable bonds is 5. The predicted molar refractivity (Wildman–Crippen MR) is 78.1 cm³/mol. The van der Waals surface area contributed by atoms with Crippen molar-refractivity contribution in [1.29, 1.82) is 0 Å². The number of nitrogens with zero attached hydrogens (tertiary/aromatic N) is 1. The van der Waals surface area contributed by atoms with Gasteiger partial charge in [-0.15, -0.1) is 0 Å². The summed E-state index contributed by atoms with van der Waals surface area (Å²) >= 11 is 0. The summed E-state index contributed by atoms with van der Waals surface area (Å²) in [5.74, 6) is -0.321. The molecule has 0 aliphatic rings. The minimum Gasteiger partial charge on any atom is -0.462 e. The van der Waals surface area contributed by atoms with Crippen molar-refractivity contribution in [2.24, 2.45) is 0 Å². The van der Waals surface area contributed by atoms with E-state index in [4.69, 9.17) is 4.74 Å². The number of aromatic nitrogens is 1. The number of aryl methyl sites for hydroxylation is 1. The van der Waals surface area contributed by atoms with E-state index in [9.17, 15) is 9.59 Å². The van der Waals surface area contributed by atoms with Crippen molar-refractivity contribution >= 4 is 11.8 Å². The second-order valence-electron chi connectivity index (χ2n) is 4.77. The Morgan fingerprint density at radius 1 is 1.00 bits per heavy atom. The van der Waals surface area contributed by atoms with Gasteiger partial charge in [0.2, 0.25) is 12.3 Å². The molecule has 1 aromatic carbocycles. The lowest BCUT2D eigenvalue weighted by molar-refractivity contribution is -0.683. The Balaban J connectivity index is 2.04. The second-order valence-corrected chi connectivity index (χ2v) is 4.77. The molecule has 0 amide bonds. The van der Waals surface area contributed by atoms with Crippen LogP contribution in [0.5, 0.6) is 0 Å². The number of pyridine rings is 1. The molecule has 108 valence electrons. The number of carbonyl (C=O) groups is 2. The first kappa shape index (κ1) is 14.9. The van der Waals surface area contributed by atoms with Gasteiger partial charge in [0.15, 0.2) is 12.4 Å². The van der Waals surface area contributed by atoms with E-state index < -0.39 is 0 Å². The molecule has 4 heteroatoms. The number of ketones is 1. The number of carbonyl (C=O) groups excluding carboxylic acids is 2. The van der Waals surface area contributed by atoms with E-state index in [0.29, 0.717) is 17.7 Å². The summed E-state index contributed by atoms with van der Waals surface area (Å²) in [7, 11) is 0. The van der Waals surface area contributed by atoms with Crippen LogP contribution in [0.4, 0.5) is 0 Å². The van der Waals surface area contributed by atoms with Crippen LogP contribution < -0.4 is 4.57 Å². The van der Waals surface area contributed by atoms with Gasteiger partial charge in [-0.3, -0.25) is 4.79 Å². The summed E-state index contributed by atoms with van der Waals surface area (Å²) < 4.78 is 6.66. The van der Waals surface area contributed by atoms with Gasteiger partial charge in [0.25, 0.3) is 0 Å². The summed E-state index contributed by atoms with van der Waals surface area (Å²) in [6.07, 6.45) is 3.41. The molecule has 0 atom stereocenters. The molecular formula is C17H18NO3+. The van der Waals surface area contributed by atoms with Crippen LogP contribution in [0.15, 0.2) is 48.8 Å². The first-order valence-corrected chi connectivity index (χ1v) is 6.86. The molecule has 2 aromatic rings. The fourth-order valence-electron chi connectivity index (χ4n) is 1.91. The van der Waals surface area contributed by atoms with E-state index in [-0.39, 0.29) is 18.3 Å².